The van der Waals surface area contributed by atoms with Gasteiger partial charge in [-0.25, -0.2) is 4.57 Å². The number of nitrogens with zero attached hydrogens (tertiary/aromatic N) is 1. The van der Waals surface area contributed by atoms with Gasteiger partial charge in [-0.3, -0.25) is 13.8 Å². The summed E-state index contributed by atoms with van der Waals surface area (Å²) in [4.78, 5) is 23.5. The molecule has 3 unspecified atom stereocenters. The van der Waals surface area contributed by atoms with Crippen molar-refractivity contribution in [2.24, 2.45) is 0 Å². The van der Waals surface area contributed by atoms with Crippen molar-refractivity contribution in [3.63, 3.8) is 0 Å². The van der Waals surface area contributed by atoms with Gasteiger partial charge < -0.3 is 19.8 Å². The van der Waals surface area contributed by atoms with Gasteiger partial charge in [0.05, 0.1) is 39.9 Å². The number of aliphatic hydroxyl groups excluding tert-OH is 1. The van der Waals surface area contributed by atoms with E-state index in [9.17, 15) is 19.4 Å². The van der Waals surface area contributed by atoms with Gasteiger partial charge in [-0.15, -0.1) is 0 Å². The lowest BCUT2D eigenvalue weighted by Crippen LogP contribution is -2.46. The first kappa shape index (κ1) is 83.2. The van der Waals surface area contributed by atoms with Crippen molar-refractivity contribution < 1.29 is 32.9 Å². The lowest BCUT2D eigenvalue weighted by Gasteiger charge is -2.26. The fourth-order valence-electron chi connectivity index (χ4n) is 12.1. The van der Waals surface area contributed by atoms with Crippen LogP contribution in [0.15, 0.2) is 12.2 Å². The molecule has 0 aliphatic carbocycles. The molecule has 502 valence electrons. The van der Waals surface area contributed by atoms with E-state index in [1.54, 1.807) is 0 Å². The highest BCUT2D eigenvalue weighted by atomic mass is 31.2. The van der Waals surface area contributed by atoms with Gasteiger partial charge in [0.25, 0.3) is 0 Å². The number of likely N-dealkylation sites (N-methyl/N-ethyl adjacent to an activating group) is 1. The van der Waals surface area contributed by atoms with Crippen LogP contribution in [0.5, 0.6) is 0 Å². The third kappa shape index (κ3) is 68.7. The van der Waals surface area contributed by atoms with Crippen LogP contribution in [-0.4, -0.2) is 73.4 Å². The number of carbonyl (C=O) groups is 1. The number of nitrogens with one attached hydrogen (secondary N) is 1. The molecular formula is C75H152N2O6P+. The highest BCUT2D eigenvalue weighted by Crippen LogP contribution is 2.43. The summed E-state index contributed by atoms with van der Waals surface area (Å²) in [6.07, 6.45) is 86.3. The Morgan fingerprint density at radius 3 is 0.917 bits per heavy atom. The molecule has 0 spiro atoms. The van der Waals surface area contributed by atoms with E-state index in [1.165, 1.54) is 347 Å². The predicted octanol–water partition coefficient (Wildman–Crippen LogP) is 24.5. The van der Waals surface area contributed by atoms with Gasteiger partial charge in [-0.2, -0.15) is 0 Å². The fourth-order valence-corrected chi connectivity index (χ4v) is 12.8. The number of carbonyl (C=O) groups excluding carboxylic acids is 1. The Morgan fingerprint density at radius 1 is 0.393 bits per heavy atom. The average molecular weight is 1210 g/mol. The number of phosphoric acid groups is 1. The smallest absolute Gasteiger partial charge is 0.391 e. The van der Waals surface area contributed by atoms with E-state index in [4.69, 9.17) is 9.05 Å². The van der Waals surface area contributed by atoms with E-state index >= 15 is 0 Å². The Kier molecular flexibility index (Phi) is 66.1. The van der Waals surface area contributed by atoms with E-state index in [0.717, 1.165) is 38.5 Å². The van der Waals surface area contributed by atoms with E-state index in [0.29, 0.717) is 23.9 Å². The summed E-state index contributed by atoms with van der Waals surface area (Å²) in [5.41, 5.74) is 0. The number of hydrogen-bond acceptors (Lipinski definition) is 5. The Morgan fingerprint density at radius 2 is 0.643 bits per heavy atom. The summed E-state index contributed by atoms with van der Waals surface area (Å²) in [5, 5.41) is 14.2. The van der Waals surface area contributed by atoms with Gasteiger partial charge in [0.15, 0.2) is 0 Å². The first-order chi connectivity index (χ1) is 41.0. The second-order valence-corrected chi connectivity index (χ2v) is 29.2. The lowest BCUT2D eigenvalue weighted by atomic mass is 10.0. The highest BCUT2D eigenvalue weighted by molar-refractivity contribution is 7.47. The predicted molar refractivity (Wildman–Crippen MR) is 369 cm³/mol. The second kappa shape index (κ2) is 66.7. The minimum Gasteiger partial charge on any atom is -0.391 e. The summed E-state index contributed by atoms with van der Waals surface area (Å²) in [6, 6.07) is -0.759. The zero-order valence-electron chi connectivity index (χ0n) is 57.7. The molecular weight excluding hydrogens is 1060 g/mol. The molecule has 0 saturated heterocycles. The second-order valence-electron chi connectivity index (χ2n) is 27.7. The standard InChI is InChI=1S/C75H151N2O6P/c1-6-8-10-12-14-16-18-20-22-24-26-28-30-32-34-36-38-40-42-44-46-48-50-52-54-56-58-60-62-64-66-68-74(78)73(72-83-84(80,81)82-71-70-77(3,4)5)76-75(79)69-67-65-63-61-59-57-55-53-51-49-47-45-43-41-39-37-35-33-31-29-27-25-23-21-19-17-15-13-11-9-7-2/h25,27,73-74,78H,6-24,26,28-72H2,1-5H3,(H-,76,79,80,81)/p+1/b27-25-. The molecule has 84 heavy (non-hydrogen) atoms. The third-order valence-corrected chi connectivity index (χ3v) is 19.0. The molecule has 1 amide bonds. The largest absolute Gasteiger partial charge is 0.472 e. The number of unbranched alkanes of at least 4 members (excludes halogenated alkanes) is 57. The number of allylic oxidation sites excluding steroid dienone is 2. The summed E-state index contributed by atoms with van der Waals surface area (Å²) < 4.78 is 23.9. The lowest BCUT2D eigenvalue weighted by molar-refractivity contribution is -0.870. The van der Waals surface area contributed by atoms with Crippen molar-refractivity contribution in [3.8, 4) is 0 Å². The van der Waals surface area contributed by atoms with E-state index in [1.807, 2.05) is 21.1 Å². The fraction of sp³-hybridized carbons (Fsp3) is 0.960. The van der Waals surface area contributed by atoms with Gasteiger partial charge in [0.1, 0.15) is 13.2 Å². The van der Waals surface area contributed by atoms with Crippen molar-refractivity contribution >= 4 is 13.7 Å². The van der Waals surface area contributed by atoms with Crippen LogP contribution in [0.4, 0.5) is 0 Å². The normalized spacial score (nSPS) is 13.6. The highest BCUT2D eigenvalue weighted by Gasteiger charge is 2.28. The van der Waals surface area contributed by atoms with Gasteiger partial charge in [0, 0.05) is 6.42 Å². The number of quaternary nitrogens is 1. The van der Waals surface area contributed by atoms with Gasteiger partial charge >= 0.3 is 7.82 Å². The molecule has 0 aromatic heterocycles. The molecule has 0 bridgehead atoms. The van der Waals surface area contributed by atoms with Crippen LogP contribution < -0.4 is 5.32 Å². The van der Waals surface area contributed by atoms with Crippen molar-refractivity contribution in [1.29, 1.82) is 0 Å². The summed E-state index contributed by atoms with van der Waals surface area (Å²) in [7, 11) is 1.64. The average Bonchev–Trinajstić information content (AvgIpc) is 3.56. The summed E-state index contributed by atoms with van der Waals surface area (Å²) >= 11 is 0. The molecule has 0 aromatic carbocycles. The summed E-state index contributed by atoms with van der Waals surface area (Å²) in [6.45, 7) is 4.96. The zero-order chi connectivity index (χ0) is 61.2. The maximum Gasteiger partial charge on any atom is 0.472 e. The molecule has 8 nitrogen and oxygen atoms in total. The maximum atomic E-state index is 13.1. The number of hydrogen-bond donors (Lipinski definition) is 3. The van der Waals surface area contributed by atoms with Gasteiger partial charge in [0.2, 0.25) is 5.91 Å². The molecule has 0 radical (unpaired) electrons. The van der Waals surface area contributed by atoms with Crippen LogP contribution in [-0.2, 0) is 18.4 Å². The molecule has 9 heteroatoms. The van der Waals surface area contributed by atoms with Crippen LogP contribution in [0.3, 0.4) is 0 Å². The quantitative estimate of drug-likeness (QED) is 0.0243. The molecule has 0 rings (SSSR count). The Balaban J connectivity index is 3.94. The SMILES string of the molecule is CCCCCCCCCC/C=C\CCCCCCCCCCCCCCCCCCCCCC(=O)NC(COP(=O)(O)OCC[N+](C)(C)C)C(O)CCCCCCCCCCCCCCCCCCCCCCCCCCCCCCCCC. The number of phosphoric ester groups is 1. The topological polar surface area (TPSA) is 105 Å². The molecule has 0 heterocycles. The Hall–Kier alpha value is -0.760. The van der Waals surface area contributed by atoms with Crippen LogP contribution in [0.2, 0.25) is 0 Å². The molecule has 0 aromatic rings. The molecule has 3 atom stereocenters. The minimum atomic E-state index is -4.33. The van der Waals surface area contributed by atoms with Crippen molar-refractivity contribution in [1.82, 2.24) is 5.32 Å². The van der Waals surface area contributed by atoms with Crippen LogP contribution in [0, 0.1) is 0 Å². The zero-order valence-corrected chi connectivity index (χ0v) is 58.6. The van der Waals surface area contributed by atoms with E-state index in [2.05, 4.69) is 31.3 Å². The molecule has 0 fully saturated rings. The number of amides is 1. The molecule has 0 aliphatic rings. The Labute approximate surface area is 526 Å². The van der Waals surface area contributed by atoms with Crippen LogP contribution in [0.25, 0.3) is 0 Å². The van der Waals surface area contributed by atoms with E-state index in [-0.39, 0.29) is 19.1 Å². The van der Waals surface area contributed by atoms with Crippen molar-refractivity contribution in [2.75, 3.05) is 40.9 Å². The third-order valence-electron chi connectivity index (χ3n) is 18.0. The number of aliphatic hydroxyl groups is 1. The van der Waals surface area contributed by atoms with E-state index < -0.39 is 20.0 Å². The first-order valence-corrected chi connectivity index (χ1v) is 39.5. The molecule has 0 saturated carbocycles. The maximum absolute atomic E-state index is 13.1. The van der Waals surface area contributed by atoms with Gasteiger partial charge in [-0.1, -0.05) is 379 Å². The summed E-state index contributed by atoms with van der Waals surface area (Å²) in [5.74, 6) is -0.134. The van der Waals surface area contributed by atoms with Crippen molar-refractivity contribution in [3.05, 3.63) is 12.2 Å². The minimum absolute atomic E-state index is 0.0785. The van der Waals surface area contributed by atoms with Gasteiger partial charge in [-0.05, 0) is 38.5 Å². The number of rotatable bonds is 72. The Bertz CT molecular complexity index is 1370. The molecule has 0 aliphatic heterocycles. The first-order valence-electron chi connectivity index (χ1n) is 38.1. The van der Waals surface area contributed by atoms with Crippen molar-refractivity contribution in [2.45, 2.75) is 424 Å². The van der Waals surface area contributed by atoms with Crippen LogP contribution >= 0.6 is 7.82 Å². The van der Waals surface area contributed by atoms with Crippen LogP contribution in [0.1, 0.15) is 412 Å². The molecule has 3 N–H and O–H groups in total. The monoisotopic (exact) mass is 1210 g/mol.